The van der Waals surface area contributed by atoms with E-state index in [1.165, 1.54) is 30.3 Å². The van der Waals surface area contributed by atoms with Crippen molar-refractivity contribution in [1.29, 1.82) is 0 Å². The first kappa shape index (κ1) is 96.5. The van der Waals surface area contributed by atoms with Crippen molar-refractivity contribution in [2.45, 2.75) is 206 Å². The minimum atomic E-state index is -2.62. The number of ether oxygens (including phenoxy) is 9. The highest BCUT2D eigenvalue weighted by Crippen LogP contribution is 2.51. The summed E-state index contributed by atoms with van der Waals surface area (Å²) in [5, 5.41) is 190. The lowest BCUT2D eigenvalue weighted by Crippen LogP contribution is -2.66. The summed E-state index contributed by atoms with van der Waals surface area (Å²) in [7, 11) is 0. The number of aliphatic carboxylic acids is 2. The molecular formula is C88H95Cl2N9O34. The number of hydrogen-bond donors (Lipinski definition) is 24. The van der Waals surface area contributed by atoms with Crippen LogP contribution in [0.5, 0.6) is 69.0 Å². The topological polar surface area (TPSA) is 679 Å². The largest absolute Gasteiger partial charge is 0.508 e. The maximum Gasteiger partial charge on any atom is 0.335 e. The summed E-state index contributed by atoms with van der Waals surface area (Å²) in [5.74, 6) is -21.9. The normalized spacial score (nSPS) is 28.7. The van der Waals surface area contributed by atoms with Crippen molar-refractivity contribution in [1.82, 2.24) is 42.5 Å². The molecule has 17 bridgehead atoms. The molecule has 0 unspecified atom stereocenters. The monoisotopic (exact) mass is 1890 g/mol. The Morgan fingerprint density at radius 1 is 0.504 bits per heavy atom. The number of carboxylic acids is 2. The number of hydrogen-bond acceptors (Lipinski definition) is 33. The molecule has 9 aliphatic heterocycles. The van der Waals surface area contributed by atoms with Gasteiger partial charge in [0.15, 0.2) is 41.4 Å². The number of carbonyl (C=O) groups excluding carboxylic acids is 8. The van der Waals surface area contributed by atoms with Gasteiger partial charge in [0.1, 0.15) is 150 Å². The van der Waals surface area contributed by atoms with Crippen molar-refractivity contribution < 1.29 is 167 Å². The molecule has 3 fully saturated rings. The third-order valence-corrected chi connectivity index (χ3v) is 23.9. The van der Waals surface area contributed by atoms with E-state index in [1.807, 2.05) is 13.8 Å². The molecule has 3 saturated heterocycles. The average Bonchev–Trinajstić information content (AvgIpc) is 0.753. The van der Waals surface area contributed by atoms with E-state index < -0.39 is 321 Å². The number of fused-ring (bicyclic) bond motifs is 14. The Morgan fingerprint density at radius 3 is 1.73 bits per heavy atom. The summed E-state index contributed by atoms with van der Waals surface area (Å²) in [6.07, 6.45) is -27.9. The highest BCUT2D eigenvalue weighted by atomic mass is 35.5. The third-order valence-electron chi connectivity index (χ3n) is 23.4. The zero-order valence-corrected chi connectivity index (χ0v) is 72.0. The van der Waals surface area contributed by atoms with Crippen LogP contribution >= 0.6 is 23.2 Å². The summed E-state index contributed by atoms with van der Waals surface area (Å²) >= 11 is 14.7. The molecule has 23 atom stereocenters. The second kappa shape index (κ2) is 40.5. The summed E-state index contributed by atoms with van der Waals surface area (Å²) < 4.78 is 57.0. The Morgan fingerprint density at radius 2 is 1.08 bits per heavy atom. The van der Waals surface area contributed by atoms with Crippen LogP contribution in [0.2, 0.25) is 10.0 Å². The van der Waals surface area contributed by atoms with Crippen LogP contribution in [0.1, 0.15) is 135 Å². The number of unbranched alkanes of at least 4 members (excludes halogenated alkanes) is 3. The van der Waals surface area contributed by atoms with Gasteiger partial charge < -0.3 is 167 Å². The van der Waals surface area contributed by atoms with Gasteiger partial charge in [0.2, 0.25) is 65.6 Å². The van der Waals surface area contributed by atoms with Crippen LogP contribution in [0.3, 0.4) is 0 Å². The number of carboxylic acid groups (broad SMARTS) is 2. The van der Waals surface area contributed by atoms with Gasteiger partial charge in [-0.05, 0) is 125 Å². The van der Waals surface area contributed by atoms with Crippen molar-refractivity contribution in [3.63, 3.8) is 0 Å². The number of nitrogens with two attached hydrogens (primary N) is 1. The Balaban J connectivity index is 1.04. The molecule has 45 heteroatoms. The van der Waals surface area contributed by atoms with E-state index in [4.69, 9.17) is 71.6 Å². The molecule has 9 aliphatic rings. The number of phenolic OH excluding ortho intramolecular Hbond substituents is 4. The third kappa shape index (κ3) is 21.0. The maximum absolute atomic E-state index is 17.0. The zero-order valence-electron chi connectivity index (χ0n) is 70.5. The molecule has 0 aromatic heterocycles. The molecule has 0 spiro atoms. The van der Waals surface area contributed by atoms with Gasteiger partial charge in [-0.15, -0.1) is 0 Å². The molecule has 0 radical (unpaired) electrons. The van der Waals surface area contributed by atoms with E-state index in [-0.39, 0.29) is 40.5 Å². The van der Waals surface area contributed by atoms with E-state index in [2.05, 4.69) is 42.5 Å². The SMILES string of the molecule is CC(=O)N[C@H]1[C@H](O[C@@H]2c3ccc(c(Cl)c3)Oc3cc4cc(c3O[C@@H]3O[C@H](C(=O)O)[C@@H](O)[C@H](O)[C@H]3NC(=O)CCCCCCC(C)C)Oc3ccc(cc3Cl)C[C@H]3NC(=O)[C@H](N)c5ccc(O)c(c5)Oc5cc(O)cc(c5)[C@H](NC3=O)C(=O)N[C@H]4C(=O)N[C@H]3C(=O)N[C@@H]2C(=O)N[C@H](C(=O)O)c2cc(O)cc(O[C@H]4O[C@H](CO)[C@@H](O)[C@H](O)[C@@H]4O)c2-c2cc3ccc2O)O[C@H](CO)[C@@H](O)[C@@H]1O. The van der Waals surface area contributed by atoms with Crippen LogP contribution < -0.4 is 72.0 Å². The van der Waals surface area contributed by atoms with Crippen LogP contribution in [0.4, 0.5) is 0 Å². The van der Waals surface area contributed by atoms with Gasteiger partial charge in [0.25, 0.3) is 0 Å². The molecule has 133 heavy (non-hydrogen) atoms. The van der Waals surface area contributed by atoms with E-state index in [1.54, 1.807) is 0 Å². The first-order chi connectivity index (χ1) is 63.2. The van der Waals surface area contributed by atoms with Crippen molar-refractivity contribution in [2.24, 2.45) is 11.7 Å². The molecule has 9 heterocycles. The first-order valence-corrected chi connectivity index (χ1v) is 42.7. The van der Waals surface area contributed by atoms with Gasteiger partial charge in [-0.1, -0.05) is 87.0 Å². The molecular weight excluding hydrogens is 1800 g/mol. The number of phenols is 4. The number of nitrogens with one attached hydrogen (secondary N) is 8. The van der Waals surface area contributed by atoms with E-state index >= 15 is 24.0 Å². The molecule has 16 rings (SSSR count). The van der Waals surface area contributed by atoms with Gasteiger partial charge >= 0.3 is 11.9 Å². The van der Waals surface area contributed by atoms with Gasteiger partial charge in [0, 0.05) is 48.6 Å². The lowest BCUT2D eigenvalue weighted by Gasteiger charge is -2.44. The van der Waals surface area contributed by atoms with E-state index in [0.29, 0.717) is 12.3 Å². The molecule has 0 saturated carbocycles. The Bertz CT molecular complexity index is 5660. The molecule has 710 valence electrons. The molecule has 0 aliphatic carbocycles. The number of carbonyl (C=O) groups is 10. The molecule has 8 amide bonds. The predicted molar refractivity (Wildman–Crippen MR) is 454 cm³/mol. The van der Waals surface area contributed by atoms with E-state index in [0.717, 1.165) is 111 Å². The Hall–Kier alpha value is -12.5. The van der Waals surface area contributed by atoms with Crippen LogP contribution in [0, 0.1) is 5.92 Å². The van der Waals surface area contributed by atoms with Gasteiger partial charge in [-0.3, -0.25) is 38.4 Å². The second-order valence-electron chi connectivity index (χ2n) is 33.2. The fourth-order valence-electron chi connectivity index (χ4n) is 16.5. The van der Waals surface area contributed by atoms with Crippen LogP contribution in [-0.2, 0) is 73.3 Å². The smallest absolute Gasteiger partial charge is 0.335 e. The van der Waals surface area contributed by atoms with Crippen LogP contribution in [0.25, 0.3) is 11.1 Å². The van der Waals surface area contributed by atoms with Gasteiger partial charge in [-0.25, -0.2) is 9.59 Å². The fourth-order valence-corrected chi connectivity index (χ4v) is 16.9. The molecule has 25 N–H and O–H groups in total. The number of aromatic hydroxyl groups is 4. The first-order valence-electron chi connectivity index (χ1n) is 41.9. The molecule has 7 aromatic carbocycles. The highest BCUT2D eigenvalue weighted by molar-refractivity contribution is 6.32. The van der Waals surface area contributed by atoms with Crippen molar-refractivity contribution in [3.8, 4) is 80.1 Å². The van der Waals surface area contributed by atoms with Crippen molar-refractivity contribution in [2.75, 3.05) is 13.2 Å². The molecule has 7 aromatic rings. The Kier molecular flexibility index (Phi) is 29.4. The number of halogens is 2. The Labute approximate surface area is 763 Å². The number of aliphatic hydroxyl groups excluding tert-OH is 9. The summed E-state index contributed by atoms with van der Waals surface area (Å²) in [5.41, 5.74) is 2.54. The summed E-state index contributed by atoms with van der Waals surface area (Å²) in [4.78, 5) is 152. The van der Waals surface area contributed by atoms with Gasteiger partial charge in [0.05, 0.1) is 23.3 Å². The maximum atomic E-state index is 17.0. The quantitative estimate of drug-likeness (QED) is 0.0504. The van der Waals surface area contributed by atoms with Crippen LogP contribution in [0.15, 0.2) is 115 Å². The van der Waals surface area contributed by atoms with Gasteiger partial charge in [-0.2, -0.15) is 0 Å². The number of amides is 8. The minimum absolute atomic E-state index is 0.0114. The molecule has 43 nitrogen and oxygen atoms in total. The lowest BCUT2D eigenvalue weighted by molar-refractivity contribution is -0.284. The lowest BCUT2D eigenvalue weighted by atomic mass is 9.89. The summed E-state index contributed by atoms with van der Waals surface area (Å²) in [6.45, 7) is 2.91. The summed E-state index contributed by atoms with van der Waals surface area (Å²) in [6, 6.07) is -0.261. The minimum Gasteiger partial charge on any atom is -0.508 e. The number of aliphatic hydroxyl groups is 9. The second-order valence-corrected chi connectivity index (χ2v) is 34.0. The van der Waals surface area contributed by atoms with Crippen LogP contribution in [-0.4, -0.2) is 253 Å². The average molecular weight is 1890 g/mol. The van der Waals surface area contributed by atoms with Crippen molar-refractivity contribution >= 4 is 82.4 Å². The predicted octanol–water partition coefficient (Wildman–Crippen LogP) is 1.11. The number of benzene rings is 7. The zero-order chi connectivity index (χ0) is 95.7. The van der Waals surface area contributed by atoms with Crippen molar-refractivity contribution in [3.05, 3.63) is 164 Å². The highest BCUT2D eigenvalue weighted by Gasteiger charge is 2.53. The fraction of sp³-hybridized carbons (Fsp3) is 0.409. The number of rotatable bonds is 19. The standard InChI is InChI=1S/C88H95Cl2N9O34/c1-32(2)8-6-4-5-7-9-58(107)94-66-71(111)73(113)77(85(123)124)133-87(66)132-76-54-25-39-26-55(76)127-51-17-13-37(23-46(51)90)75(131-86-65(92-33(3)102)70(110)68(108)56(30-100)129-86)67-83(120)98-64(84(121)122)44-28-41(104)29-53(128-88-74(114)72(112)69(109)57(31-101)130-88)59(44)43-22-36(12-14-48(43)105)61(80(117)99-67)96-82(119)63(39)97-81(118)62-38-20-40(103)27-42(21-38)125-52-24-35(11-15-49(52)106)60(91)79(116)93-47(78(115)95-62)19-34-10-16-50(126-54)45(89)18-34/h10-18,20-29,32,47,56-57,60-75,77,86-88,100-101,103-106,108-114H,4-9,19,30-31,91H2,1-3H3,(H,92,102)(H,93,116)(H,94,107)(H,95,115)(H,96,119)(H,97,118)(H,98,120)(H,99,117)(H,121,122)(H,123,124)/t47-,56-,57-,60-,61-,62+,63-,64+,65-,66-,67+,68-,69-,70-,71-,72+,73+,74+,75-,77+,86+,87-,88+/m1/s1. The van der Waals surface area contributed by atoms with E-state index in [9.17, 15) is 101 Å².